The zero-order valence-corrected chi connectivity index (χ0v) is 41.8. The van der Waals surface area contributed by atoms with Gasteiger partial charge in [0, 0.05) is 19.3 Å². The first-order valence-electron chi connectivity index (χ1n) is 27.1. The van der Waals surface area contributed by atoms with Crippen molar-refractivity contribution in [1.82, 2.24) is 0 Å². The van der Waals surface area contributed by atoms with Crippen LogP contribution in [-0.4, -0.2) is 37.2 Å². The molecule has 0 aromatic heterocycles. The van der Waals surface area contributed by atoms with Crippen LogP contribution in [0.1, 0.15) is 278 Å². The molecule has 0 spiro atoms. The first-order chi connectivity index (χ1) is 31.0. The van der Waals surface area contributed by atoms with Crippen LogP contribution in [0.15, 0.2) is 48.6 Å². The van der Waals surface area contributed by atoms with Crippen LogP contribution in [-0.2, 0) is 28.6 Å². The van der Waals surface area contributed by atoms with Gasteiger partial charge in [-0.2, -0.15) is 0 Å². The van der Waals surface area contributed by atoms with Gasteiger partial charge in [0.25, 0.3) is 0 Å². The minimum Gasteiger partial charge on any atom is -0.462 e. The van der Waals surface area contributed by atoms with Crippen LogP contribution in [0.2, 0.25) is 0 Å². The fraction of sp³-hybridized carbons (Fsp3) is 0.807. The predicted octanol–water partition coefficient (Wildman–Crippen LogP) is 17.9. The Kier molecular flexibility index (Phi) is 49.8. The van der Waals surface area contributed by atoms with Gasteiger partial charge in [0.2, 0.25) is 0 Å². The van der Waals surface area contributed by atoms with E-state index in [1.54, 1.807) is 0 Å². The average Bonchev–Trinajstić information content (AvgIpc) is 3.28. The number of rotatable bonds is 49. The van der Waals surface area contributed by atoms with Crippen molar-refractivity contribution < 1.29 is 28.6 Å². The van der Waals surface area contributed by atoms with E-state index in [1.807, 2.05) is 0 Å². The first kappa shape index (κ1) is 60.4. The third-order valence-corrected chi connectivity index (χ3v) is 11.8. The maximum absolute atomic E-state index is 12.8. The lowest BCUT2D eigenvalue weighted by Gasteiger charge is -2.18. The molecule has 6 nitrogen and oxygen atoms in total. The van der Waals surface area contributed by atoms with Gasteiger partial charge in [0.1, 0.15) is 13.2 Å². The molecule has 0 amide bonds. The maximum atomic E-state index is 12.8. The Bertz CT molecular complexity index is 1110. The zero-order chi connectivity index (χ0) is 45.8. The molecule has 1 atom stereocenters. The number of esters is 3. The molecule has 63 heavy (non-hydrogen) atoms. The van der Waals surface area contributed by atoms with E-state index >= 15 is 0 Å². The Morgan fingerprint density at radius 1 is 0.317 bits per heavy atom. The quantitative estimate of drug-likeness (QED) is 0.0262. The molecule has 1 unspecified atom stereocenters. The Hall–Kier alpha value is -2.63. The van der Waals surface area contributed by atoms with Gasteiger partial charge in [-0.25, -0.2) is 0 Å². The van der Waals surface area contributed by atoms with Crippen molar-refractivity contribution in [2.45, 2.75) is 284 Å². The van der Waals surface area contributed by atoms with Crippen molar-refractivity contribution in [2.24, 2.45) is 0 Å². The largest absolute Gasteiger partial charge is 0.462 e. The second-order valence-corrected chi connectivity index (χ2v) is 18.1. The van der Waals surface area contributed by atoms with Crippen molar-refractivity contribution in [3.8, 4) is 0 Å². The molecule has 0 rings (SSSR count). The van der Waals surface area contributed by atoms with Crippen molar-refractivity contribution in [3.05, 3.63) is 48.6 Å². The third kappa shape index (κ3) is 50.2. The summed E-state index contributed by atoms with van der Waals surface area (Å²) < 4.78 is 16.8. The molecule has 0 N–H and O–H groups in total. The van der Waals surface area contributed by atoms with Crippen molar-refractivity contribution in [1.29, 1.82) is 0 Å². The minimum atomic E-state index is -0.783. The summed E-state index contributed by atoms with van der Waals surface area (Å²) in [6.45, 7) is 6.59. The van der Waals surface area contributed by atoms with E-state index in [0.29, 0.717) is 19.3 Å². The van der Waals surface area contributed by atoms with Crippen LogP contribution in [0.3, 0.4) is 0 Å². The van der Waals surface area contributed by atoms with Crippen molar-refractivity contribution in [3.63, 3.8) is 0 Å². The number of unbranched alkanes of at least 4 members (excludes halogenated alkanes) is 30. The topological polar surface area (TPSA) is 78.9 Å². The van der Waals surface area contributed by atoms with Crippen LogP contribution in [0.5, 0.6) is 0 Å². The number of carbonyl (C=O) groups excluding carboxylic acids is 3. The molecule has 0 aliphatic carbocycles. The lowest BCUT2D eigenvalue weighted by molar-refractivity contribution is -0.167. The van der Waals surface area contributed by atoms with E-state index in [4.69, 9.17) is 14.2 Å². The third-order valence-electron chi connectivity index (χ3n) is 11.8. The highest BCUT2D eigenvalue weighted by Gasteiger charge is 2.19. The fourth-order valence-corrected chi connectivity index (χ4v) is 7.64. The van der Waals surface area contributed by atoms with E-state index < -0.39 is 6.10 Å². The molecule has 0 aliphatic heterocycles. The van der Waals surface area contributed by atoms with E-state index in [2.05, 4.69) is 69.4 Å². The Morgan fingerprint density at radius 2 is 0.571 bits per heavy atom. The summed E-state index contributed by atoms with van der Waals surface area (Å²) in [5, 5.41) is 0. The van der Waals surface area contributed by atoms with Gasteiger partial charge in [0.05, 0.1) is 0 Å². The molecule has 0 saturated carbocycles. The molecular formula is C57H102O6. The zero-order valence-electron chi connectivity index (χ0n) is 41.8. The first-order valence-corrected chi connectivity index (χ1v) is 27.1. The predicted molar refractivity (Wildman–Crippen MR) is 270 cm³/mol. The average molecular weight is 883 g/mol. The summed E-state index contributed by atoms with van der Waals surface area (Å²) in [6.07, 6.45) is 62.3. The van der Waals surface area contributed by atoms with Crippen LogP contribution in [0.25, 0.3) is 0 Å². The fourth-order valence-electron chi connectivity index (χ4n) is 7.64. The van der Waals surface area contributed by atoms with Gasteiger partial charge in [-0.3, -0.25) is 14.4 Å². The Labute approximate surface area is 390 Å². The molecule has 0 aromatic carbocycles. The highest BCUT2D eigenvalue weighted by molar-refractivity contribution is 5.71. The van der Waals surface area contributed by atoms with Crippen molar-refractivity contribution in [2.75, 3.05) is 13.2 Å². The molecular weight excluding hydrogens is 781 g/mol. The second-order valence-electron chi connectivity index (χ2n) is 18.1. The molecule has 0 bridgehead atoms. The molecule has 0 aliphatic rings. The smallest absolute Gasteiger partial charge is 0.306 e. The van der Waals surface area contributed by atoms with Crippen LogP contribution < -0.4 is 0 Å². The molecule has 0 aromatic rings. The van der Waals surface area contributed by atoms with Gasteiger partial charge in [-0.15, -0.1) is 0 Å². The van der Waals surface area contributed by atoms with Gasteiger partial charge >= 0.3 is 17.9 Å². The number of hydrogen-bond acceptors (Lipinski definition) is 6. The molecule has 366 valence electrons. The SMILES string of the molecule is CCCCC/C=C\C/C=C\CCCCCCCCCC(=O)OCC(COC(=O)CCCCC/C=C\CCCCCCCC)OC(=O)CCCCCCCCC/C=C\CCCCCC. The minimum absolute atomic E-state index is 0.0827. The van der Waals surface area contributed by atoms with E-state index in [0.717, 1.165) is 83.5 Å². The summed E-state index contributed by atoms with van der Waals surface area (Å²) in [5.74, 6) is -0.902. The molecule has 6 heteroatoms. The highest BCUT2D eigenvalue weighted by Crippen LogP contribution is 2.15. The number of ether oxygens (including phenoxy) is 3. The number of carbonyl (C=O) groups is 3. The Morgan fingerprint density at radius 3 is 0.952 bits per heavy atom. The summed E-state index contributed by atoms with van der Waals surface area (Å²) in [5.41, 5.74) is 0. The summed E-state index contributed by atoms with van der Waals surface area (Å²) in [6, 6.07) is 0. The standard InChI is InChI=1S/C57H102O6/c1-4-7-10-13-16-19-22-25-27-28-30-32-35-38-41-44-47-50-56(59)62-53-54(52-61-55(58)49-46-43-40-37-34-31-24-21-18-15-12-9-6-3)63-57(60)51-48-45-42-39-36-33-29-26-23-20-17-14-11-8-5-2/h16,19-20,23,25,27,31,34,54H,4-15,17-18,21-22,24,26,28-30,32-33,35-53H2,1-3H3/b19-16-,23-20-,27-25-,34-31-. The summed E-state index contributed by atoms with van der Waals surface area (Å²) >= 11 is 0. The molecule has 0 heterocycles. The molecule has 0 saturated heterocycles. The maximum Gasteiger partial charge on any atom is 0.306 e. The normalized spacial score (nSPS) is 12.4. The van der Waals surface area contributed by atoms with Crippen LogP contribution in [0, 0.1) is 0 Å². The molecule has 0 fully saturated rings. The van der Waals surface area contributed by atoms with Gasteiger partial charge in [0.15, 0.2) is 6.10 Å². The summed E-state index contributed by atoms with van der Waals surface area (Å²) in [7, 11) is 0. The van der Waals surface area contributed by atoms with Crippen molar-refractivity contribution >= 4 is 17.9 Å². The Balaban J connectivity index is 4.39. The monoisotopic (exact) mass is 883 g/mol. The van der Waals surface area contributed by atoms with Gasteiger partial charge in [-0.1, -0.05) is 204 Å². The van der Waals surface area contributed by atoms with Gasteiger partial charge in [-0.05, 0) is 103 Å². The van der Waals surface area contributed by atoms with Crippen LogP contribution in [0.4, 0.5) is 0 Å². The van der Waals surface area contributed by atoms with E-state index in [9.17, 15) is 14.4 Å². The highest BCUT2D eigenvalue weighted by atomic mass is 16.6. The lowest BCUT2D eigenvalue weighted by atomic mass is 10.1. The molecule has 0 radical (unpaired) electrons. The second kappa shape index (κ2) is 52.0. The van der Waals surface area contributed by atoms with Gasteiger partial charge < -0.3 is 14.2 Å². The van der Waals surface area contributed by atoms with Crippen LogP contribution >= 0.6 is 0 Å². The number of hydrogen-bond donors (Lipinski definition) is 0. The summed E-state index contributed by atoms with van der Waals surface area (Å²) in [4.78, 5) is 38.0. The lowest BCUT2D eigenvalue weighted by Crippen LogP contribution is -2.30. The van der Waals surface area contributed by atoms with E-state index in [1.165, 1.54) is 154 Å². The van der Waals surface area contributed by atoms with E-state index in [-0.39, 0.29) is 31.1 Å². The number of allylic oxidation sites excluding steroid dienone is 8.